The summed E-state index contributed by atoms with van der Waals surface area (Å²) in [6.45, 7) is 6.60. The molecule has 0 bridgehead atoms. The molecule has 0 amide bonds. The van der Waals surface area contributed by atoms with E-state index in [9.17, 15) is 4.79 Å². The highest BCUT2D eigenvalue weighted by molar-refractivity contribution is 5.93. The summed E-state index contributed by atoms with van der Waals surface area (Å²) in [6, 6.07) is 15.8. The molecule has 1 aliphatic rings. The Balaban J connectivity index is 2.24. The second-order valence-corrected chi connectivity index (χ2v) is 6.95. The Hall–Kier alpha value is -2.13. The van der Waals surface area contributed by atoms with Crippen molar-refractivity contribution in [2.45, 2.75) is 32.8 Å². The van der Waals surface area contributed by atoms with Crippen LogP contribution in [0.3, 0.4) is 0 Å². The van der Waals surface area contributed by atoms with Gasteiger partial charge in [-0.15, -0.1) is 0 Å². The zero-order valence-electron chi connectivity index (χ0n) is 13.9. The largest absolute Gasteiger partial charge is 0.450 e. The number of rotatable bonds is 3. The summed E-state index contributed by atoms with van der Waals surface area (Å²) >= 11 is 0. The molecule has 0 aromatic heterocycles. The molecule has 1 unspecified atom stereocenters. The monoisotopic (exact) mass is 309 g/mol. The Kier molecular flexibility index (Phi) is 3.77. The molecule has 2 aromatic rings. The number of fused-ring (bicyclic) bond motifs is 1. The predicted octanol–water partition coefficient (Wildman–Crippen LogP) is 3.59. The fourth-order valence-electron chi connectivity index (χ4n) is 3.43. The maximum Gasteiger partial charge on any atom is 0.339 e. The molecule has 2 N–H and O–H groups in total. The van der Waals surface area contributed by atoms with E-state index in [-0.39, 0.29) is 11.4 Å². The van der Waals surface area contributed by atoms with Gasteiger partial charge in [-0.2, -0.15) is 0 Å². The van der Waals surface area contributed by atoms with Crippen molar-refractivity contribution in [3.8, 4) is 0 Å². The third-order valence-corrected chi connectivity index (χ3v) is 5.17. The van der Waals surface area contributed by atoms with Crippen LogP contribution in [0, 0.1) is 12.3 Å². The van der Waals surface area contributed by atoms with Crippen molar-refractivity contribution in [3.63, 3.8) is 0 Å². The summed E-state index contributed by atoms with van der Waals surface area (Å²) < 4.78 is 6.08. The number of hydrogen-bond acceptors (Lipinski definition) is 3. The van der Waals surface area contributed by atoms with Crippen LogP contribution >= 0.6 is 0 Å². The highest BCUT2D eigenvalue weighted by atomic mass is 16.6. The summed E-state index contributed by atoms with van der Waals surface area (Å²) in [5, 5.41) is 0. The Morgan fingerprint density at radius 1 is 1.13 bits per heavy atom. The molecule has 0 saturated heterocycles. The first-order chi connectivity index (χ1) is 10.9. The van der Waals surface area contributed by atoms with Crippen LogP contribution in [0.25, 0.3) is 0 Å². The normalized spacial score (nSPS) is 20.8. The molecule has 120 valence electrons. The Bertz CT molecular complexity index is 737. The summed E-state index contributed by atoms with van der Waals surface area (Å²) in [6.07, 6.45) is 0.648. The summed E-state index contributed by atoms with van der Waals surface area (Å²) in [5.41, 5.74) is 8.79. The van der Waals surface area contributed by atoms with Gasteiger partial charge in [0.2, 0.25) is 0 Å². The molecule has 23 heavy (non-hydrogen) atoms. The van der Waals surface area contributed by atoms with Gasteiger partial charge in [0.25, 0.3) is 0 Å². The van der Waals surface area contributed by atoms with E-state index in [0.717, 1.165) is 16.7 Å². The highest BCUT2D eigenvalue weighted by Gasteiger charge is 2.52. The minimum atomic E-state index is -0.751. The topological polar surface area (TPSA) is 52.3 Å². The first kappa shape index (κ1) is 15.8. The molecular formula is C20H23NO2. The molecule has 1 aliphatic heterocycles. The molecule has 0 aliphatic carbocycles. The minimum absolute atomic E-state index is 0.264. The maximum atomic E-state index is 12.7. The van der Waals surface area contributed by atoms with Crippen LogP contribution in [0.2, 0.25) is 0 Å². The lowest BCUT2D eigenvalue weighted by atomic mass is 9.66. The molecule has 3 nitrogen and oxygen atoms in total. The van der Waals surface area contributed by atoms with Gasteiger partial charge in [-0.25, -0.2) is 4.79 Å². The van der Waals surface area contributed by atoms with Crippen molar-refractivity contribution in [2.75, 3.05) is 6.54 Å². The fraction of sp³-hybridized carbons (Fsp3) is 0.350. The second kappa shape index (κ2) is 5.50. The van der Waals surface area contributed by atoms with Gasteiger partial charge in [0, 0.05) is 18.4 Å². The molecule has 1 atom stereocenters. The van der Waals surface area contributed by atoms with Crippen LogP contribution in [-0.2, 0) is 16.8 Å². The van der Waals surface area contributed by atoms with Gasteiger partial charge < -0.3 is 10.5 Å². The maximum absolute atomic E-state index is 12.7. The van der Waals surface area contributed by atoms with Gasteiger partial charge in [-0.1, -0.05) is 56.3 Å². The first-order valence-electron chi connectivity index (χ1n) is 7.99. The lowest BCUT2D eigenvalue weighted by Crippen LogP contribution is -2.53. The highest BCUT2D eigenvalue weighted by Crippen LogP contribution is 2.48. The quantitative estimate of drug-likeness (QED) is 0.882. The lowest BCUT2D eigenvalue weighted by molar-refractivity contribution is -0.0943. The molecular weight excluding hydrogens is 286 g/mol. The summed E-state index contributed by atoms with van der Waals surface area (Å²) in [5.74, 6) is -0.264. The van der Waals surface area contributed by atoms with Crippen molar-refractivity contribution in [1.82, 2.24) is 0 Å². The number of carbonyl (C=O) groups is 1. The molecule has 0 spiro atoms. The molecule has 0 radical (unpaired) electrons. The van der Waals surface area contributed by atoms with Crippen LogP contribution in [0.15, 0.2) is 48.5 Å². The van der Waals surface area contributed by atoms with Gasteiger partial charge >= 0.3 is 5.97 Å². The van der Waals surface area contributed by atoms with E-state index >= 15 is 0 Å². The Labute approximate surface area is 137 Å². The van der Waals surface area contributed by atoms with E-state index in [0.29, 0.717) is 18.5 Å². The number of cyclic esters (lactones) is 1. The van der Waals surface area contributed by atoms with Crippen LogP contribution in [0.1, 0.15) is 40.9 Å². The second-order valence-electron chi connectivity index (χ2n) is 6.95. The number of nitrogens with two attached hydrogens (primary N) is 1. The molecule has 2 aromatic carbocycles. The van der Waals surface area contributed by atoms with Crippen LogP contribution in [-0.4, -0.2) is 12.5 Å². The van der Waals surface area contributed by atoms with E-state index in [1.807, 2.05) is 55.5 Å². The van der Waals surface area contributed by atoms with Gasteiger partial charge in [0.05, 0.1) is 5.56 Å². The average molecular weight is 309 g/mol. The molecule has 0 fully saturated rings. The van der Waals surface area contributed by atoms with Crippen molar-refractivity contribution >= 4 is 5.97 Å². The fourth-order valence-corrected chi connectivity index (χ4v) is 3.43. The van der Waals surface area contributed by atoms with Crippen molar-refractivity contribution in [3.05, 3.63) is 70.8 Å². The van der Waals surface area contributed by atoms with E-state index in [2.05, 4.69) is 13.8 Å². The number of esters is 1. The van der Waals surface area contributed by atoms with E-state index in [1.54, 1.807) is 0 Å². The Morgan fingerprint density at radius 3 is 2.48 bits per heavy atom. The number of aryl methyl sites for hydroxylation is 1. The number of hydrogen-bond donors (Lipinski definition) is 1. The zero-order valence-corrected chi connectivity index (χ0v) is 13.9. The predicted molar refractivity (Wildman–Crippen MR) is 91.3 cm³/mol. The van der Waals surface area contributed by atoms with E-state index < -0.39 is 5.60 Å². The van der Waals surface area contributed by atoms with Crippen LogP contribution in [0.5, 0.6) is 0 Å². The average Bonchev–Trinajstić information content (AvgIpc) is 2.56. The standard InChI is InChI=1S/C20H23NO2/c1-14-8-7-11-16-17(14)12-20(23-18(16)22,19(2,3)13-21)15-9-5-4-6-10-15/h4-11H,12-13,21H2,1-3H3. The number of benzene rings is 2. The molecule has 0 saturated carbocycles. The van der Waals surface area contributed by atoms with Crippen molar-refractivity contribution < 1.29 is 9.53 Å². The number of carbonyl (C=O) groups excluding carboxylic acids is 1. The zero-order chi connectivity index (χ0) is 16.7. The van der Waals surface area contributed by atoms with Gasteiger partial charge in [0.1, 0.15) is 5.60 Å². The smallest absolute Gasteiger partial charge is 0.339 e. The van der Waals surface area contributed by atoms with Crippen LogP contribution < -0.4 is 5.73 Å². The van der Waals surface area contributed by atoms with Crippen molar-refractivity contribution in [1.29, 1.82) is 0 Å². The van der Waals surface area contributed by atoms with Gasteiger partial charge in [0.15, 0.2) is 0 Å². The van der Waals surface area contributed by atoms with E-state index in [1.165, 1.54) is 0 Å². The van der Waals surface area contributed by atoms with Crippen molar-refractivity contribution in [2.24, 2.45) is 11.1 Å². The SMILES string of the molecule is Cc1cccc2c1CC(c1ccccc1)(C(C)(C)CN)OC2=O. The molecule has 1 heterocycles. The van der Waals surface area contributed by atoms with Crippen LogP contribution in [0.4, 0.5) is 0 Å². The number of ether oxygens (including phenoxy) is 1. The third kappa shape index (κ3) is 2.36. The van der Waals surface area contributed by atoms with Gasteiger partial charge in [-0.05, 0) is 29.7 Å². The van der Waals surface area contributed by atoms with Gasteiger partial charge in [-0.3, -0.25) is 0 Å². The molecule has 3 heteroatoms. The summed E-state index contributed by atoms with van der Waals surface area (Å²) in [4.78, 5) is 12.7. The molecule has 3 rings (SSSR count). The summed E-state index contributed by atoms with van der Waals surface area (Å²) in [7, 11) is 0. The first-order valence-corrected chi connectivity index (χ1v) is 7.99. The van der Waals surface area contributed by atoms with E-state index in [4.69, 9.17) is 10.5 Å². The Morgan fingerprint density at radius 2 is 1.83 bits per heavy atom. The minimum Gasteiger partial charge on any atom is -0.450 e. The lowest BCUT2D eigenvalue weighted by Gasteiger charge is -2.48. The third-order valence-electron chi connectivity index (χ3n) is 5.17.